The largest absolute Gasteiger partial charge is 0.454 e. The van der Waals surface area contributed by atoms with Crippen molar-refractivity contribution in [2.75, 3.05) is 0 Å². The highest BCUT2D eigenvalue weighted by Gasteiger charge is 2.13. The van der Waals surface area contributed by atoms with Gasteiger partial charge in [-0.15, -0.1) is 11.3 Å². The zero-order valence-electron chi connectivity index (χ0n) is 11.3. The minimum Gasteiger partial charge on any atom is -0.454 e. The number of aryl methyl sites for hydroxylation is 1. The van der Waals surface area contributed by atoms with Crippen LogP contribution >= 0.6 is 11.3 Å². The summed E-state index contributed by atoms with van der Waals surface area (Å²) in [7, 11) is 0. The molecular formula is C15H12N2O3S. The van der Waals surface area contributed by atoms with Crippen molar-refractivity contribution in [2.45, 2.75) is 13.5 Å². The summed E-state index contributed by atoms with van der Waals surface area (Å²) in [6.45, 7) is 1.81. The van der Waals surface area contributed by atoms with Gasteiger partial charge in [-0.2, -0.15) is 0 Å². The topological polar surface area (TPSA) is 65.2 Å². The van der Waals surface area contributed by atoms with Gasteiger partial charge < -0.3 is 9.15 Å². The second-order valence-corrected chi connectivity index (χ2v) is 5.27. The molecule has 3 aromatic rings. The molecule has 0 saturated carbocycles. The molecule has 0 N–H and O–H groups in total. The van der Waals surface area contributed by atoms with E-state index in [0.29, 0.717) is 22.9 Å². The van der Waals surface area contributed by atoms with E-state index in [1.165, 1.54) is 0 Å². The Morgan fingerprint density at radius 3 is 3.00 bits per heavy atom. The second kappa shape index (κ2) is 5.88. The maximum Gasteiger partial charge on any atom is 0.340 e. The summed E-state index contributed by atoms with van der Waals surface area (Å²) in [4.78, 5) is 21.1. The minimum atomic E-state index is -0.422. The molecule has 0 aliphatic rings. The van der Waals surface area contributed by atoms with Crippen LogP contribution in [0.5, 0.6) is 0 Å². The van der Waals surface area contributed by atoms with E-state index < -0.39 is 5.97 Å². The lowest BCUT2D eigenvalue weighted by atomic mass is 10.2. The summed E-state index contributed by atoms with van der Waals surface area (Å²) in [6.07, 6.45) is 3.20. The van der Waals surface area contributed by atoms with E-state index >= 15 is 0 Å². The predicted molar refractivity (Wildman–Crippen MR) is 77.9 cm³/mol. The highest BCUT2D eigenvalue weighted by molar-refractivity contribution is 7.13. The molecule has 0 amide bonds. The first-order valence-corrected chi connectivity index (χ1v) is 7.19. The summed E-state index contributed by atoms with van der Waals surface area (Å²) in [6, 6.07) is 7.23. The highest BCUT2D eigenvalue weighted by Crippen LogP contribution is 2.24. The Morgan fingerprint density at radius 2 is 2.24 bits per heavy atom. The summed E-state index contributed by atoms with van der Waals surface area (Å²) in [5, 5.41) is 1.95. The summed E-state index contributed by atoms with van der Waals surface area (Å²) in [5.41, 5.74) is 1.09. The Bertz CT molecular complexity index is 750. The lowest BCUT2D eigenvalue weighted by Crippen LogP contribution is -2.07. The van der Waals surface area contributed by atoms with Gasteiger partial charge in [0.05, 0.1) is 22.3 Å². The van der Waals surface area contributed by atoms with Crippen molar-refractivity contribution < 1.29 is 13.9 Å². The zero-order chi connectivity index (χ0) is 14.7. The molecule has 0 atom stereocenters. The first-order chi connectivity index (χ1) is 10.2. The quantitative estimate of drug-likeness (QED) is 0.690. The Balaban J connectivity index is 1.66. The van der Waals surface area contributed by atoms with Crippen LogP contribution in [-0.4, -0.2) is 15.9 Å². The number of esters is 1. The van der Waals surface area contributed by atoms with E-state index in [1.807, 2.05) is 17.5 Å². The van der Waals surface area contributed by atoms with E-state index in [1.54, 1.807) is 42.8 Å². The van der Waals surface area contributed by atoms with Crippen molar-refractivity contribution in [3.05, 3.63) is 59.1 Å². The Hall–Kier alpha value is -2.47. The SMILES string of the molecule is Cc1ncccc1C(=O)OCc1cnc(-c2cccs2)o1. The van der Waals surface area contributed by atoms with Crippen LogP contribution < -0.4 is 0 Å². The molecule has 0 aromatic carbocycles. The van der Waals surface area contributed by atoms with Crippen LogP contribution in [0.3, 0.4) is 0 Å². The molecule has 106 valence electrons. The Kier molecular flexibility index (Phi) is 3.79. The Labute approximate surface area is 125 Å². The van der Waals surface area contributed by atoms with Gasteiger partial charge in [0.2, 0.25) is 5.89 Å². The normalized spacial score (nSPS) is 10.5. The first kappa shape index (κ1) is 13.5. The third-order valence-electron chi connectivity index (χ3n) is 2.86. The average molecular weight is 300 g/mol. The number of carbonyl (C=O) groups excluding carboxylic acids is 1. The van der Waals surface area contributed by atoms with E-state index in [0.717, 1.165) is 4.88 Å². The number of carbonyl (C=O) groups is 1. The summed E-state index contributed by atoms with van der Waals surface area (Å²) >= 11 is 1.54. The molecule has 0 spiro atoms. The molecule has 3 heterocycles. The maximum absolute atomic E-state index is 12.0. The molecule has 3 aromatic heterocycles. The van der Waals surface area contributed by atoms with Gasteiger partial charge in [-0.1, -0.05) is 6.07 Å². The molecule has 3 rings (SSSR count). The third-order valence-corrected chi connectivity index (χ3v) is 3.72. The smallest absolute Gasteiger partial charge is 0.340 e. The van der Waals surface area contributed by atoms with E-state index in [-0.39, 0.29) is 6.61 Å². The Morgan fingerprint density at radius 1 is 1.33 bits per heavy atom. The number of hydrogen-bond donors (Lipinski definition) is 0. The van der Waals surface area contributed by atoms with Crippen LogP contribution in [0.15, 0.2) is 46.5 Å². The van der Waals surface area contributed by atoms with Gasteiger partial charge in [0, 0.05) is 6.20 Å². The molecule has 0 fully saturated rings. The molecule has 6 heteroatoms. The van der Waals surface area contributed by atoms with Gasteiger partial charge in [-0.3, -0.25) is 4.98 Å². The van der Waals surface area contributed by atoms with Crippen molar-refractivity contribution >= 4 is 17.3 Å². The zero-order valence-corrected chi connectivity index (χ0v) is 12.1. The van der Waals surface area contributed by atoms with Crippen LogP contribution in [0.1, 0.15) is 21.8 Å². The molecule has 0 aliphatic carbocycles. The van der Waals surface area contributed by atoms with Crippen LogP contribution in [0.2, 0.25) is 0 Å². The predicted octanol–water partition coefficient (Wildman–Crippen LogP) is 3.46. The molecule has 0 unspecified atom stereocenters. The summed E-state index contributed by atoms with van der Waals surface area (Å²) in [5.74, 6) is 0.622. The number of nitrogens with zero attached hydrogens (tertiary/aromatic N) is 2. The molecule has 0 bridgehead atoms. The minimum absolute atomic E-state index is 0.0472. The number of thiophene rings is 1. The van der Waals surface area contributed by atoms with Crippen molar-refractivity contribution in [2.24, 2.45) is 0 Å². The van der Waals surface area contributed by atoms with Gasteiger partial charge in [-0.05, 0) is 30.5 Å². The van der Waals surface area contributed by atoms with E-state index in [4.69, 9.17) is 9.15 Å². The standard InChI is InChI=1S/C15H12N2O3S/c1-10-12(4-2-6-16-10)15(18)19-9-11-8-17-14(20-11)13-5-3-7-21-13/h2-8H,9H2,1H3. The van der Waals surface area contributed by atoms with Gasteiger partial charge in [-0.25, -0.2) is 9.78 Å². The highest BCUT2D eigenvalue weighted by atomic mass is 32.1. The van der Waals surface area contributed by atoms with E-state index in [9.17, 15) is 4.79 Å². The second-order valence-electron chi connectivity index (χ2n) is 4.32. The molecule has 0 aliphatic heterocycles. The first-order valence-electron chi connectivity index (χ1n) is 6.31. The fourth-order valence-corrected chi connectivity index (χ4v) is 2.46. The fraction of sp³-hybridized carbons (Fsp3) is 0.133. The van der Waals surface area contributed by atoms with E-state index in [2.05, 4.69) is 9.97 Å². The average Bonchev–Trinajstić information content (AvgIpc) is 3.16. The maximum atomic E-state index is 12.0. The van der Waals surface area contributed by atoms with Crippen molar-refractivity contribution in [3.8, 4) is 10.8 Å². The number of rotatable bonds is 4. The lowest BCUT2D eigenvalue weighted by Gasteiger charge is -2.04. The van der Waals surface area contributed by atoms with Gasteiger partial charge in [0.25, 0.3) is 0 Å². The van der Waals surface area contributed by atoms with Gasteiger partial charge in [0.1, 0.15) is 0 Å². The van der Waals surface area contributed by atoms with Crippen LogP contribution in [0.25, 0.3) is 10.8 Å². The van der Waals surface area contributed by atoms with Crippen LogP contribution in [0.4, 0.5) is 0 Å². The lowest BCUT2D eigenvalue weighted by molar-refractivity contribution is 0.0445. The van der Waals surface area contributed by atoms with Crippen molar-refractivity contribution in [1.29, 1.82) is 0 Å². The molecular weight excluding hydrogens is 288 g/mol. The van der Waals surface area contributed by atoms with Crippen molar-refractivity contribution in [1.82, 2.24) is 9.97 Å². The fourth-order valence-electron chi connectivity index (χ4n) is 1.80. The molecule has 0 saturated heterocycles. The number of hydrogen-bond acceptors (Lipinski definition) is 6. The van der Waals surface area contributed by atoms with Crippen LogP contribution in [-0.2, 0) is 11.3 Å². The molecule has 21 heavy (non-hydrogen) atoms. The third kappa shape index (κ3) is 3.00. The van der Waals surface area contributed by atoms with Crippen LogP contribution in [0, 0.1) is 6.92 Å². The summed E-state index contributed by atoms with van der Waals surface area (Å²) < 4.78 is 10.8. The number of aromatic nitrogens is 2. The van der Waals surface area contributed by atoms with Gasteiger partial charge >= 0.3 is 5.97 Å². The van der Waals surface area contributed by atoms with Crippen molar-refractivity contribution in [3.63, 3.8) is 0 Å². The number of pyridine rings is 1. The number of oxazole rings is 1. The number of ether oxygens (including phenoxy) is 1. The monoisotopic (exact) mass is 300 g/mol. The van der Waals surface area contributed by atoms with Gasteiger partial charge in [0.15, 0.2) is 12.4 Å². The molecule has 0 radical (unpaired) electrons. The molecule has 5 nitrogen and oxygen atoms in total.